The third-order valence-corrected chi connectivity index (χ3v) is 6.29. The molecule has 3 heterocycles. The third-order valence-electron chi connectivity index (χ3n) is 6.29. The molecular weight excluding hydrogens is 448 g/mol. The summed E-state index contributed by atoms with van der Waals surface area (Å²) in [6.45, 7) is 5.73. The Kier molecular flexibility index (Phi) is 6.47. The van der Waals surface area contributed by atoms with Crippen molar-refractivity contribution in [3.8, 4) is 0 Å². The van der Waals surface area contributed by atoms with Crippen molar-refractivity contribution < 1.29 is 19.1 Å². The number of aromatic nitrogens is 2. The lowest BCUT2D eigenvalue weighted by molar-refractivity contribution is -0.124. The van der Waals surface area contributed by atoms with Crippen LogP contribution in [-0.4, -0.2) is 71.6 Å². The van der Waals surface area contributed by atoms with Crippen LogP contribution in [0.4, 0.5) is 17.3 Å². The van der Waals surface area contributed by atoms with E-state index < -0.39 is 6.04 Å². The zero-order valence-corrected chi connectivity index (χ0v) is 19.6. The van der Waals surface area contributed by atoms with Gasteiger partial charge in [0.05, 0.1) is 30.7 Å². The molecule has 0 aliphatic carbocycles. The molecule has 0 radical (unpaired) electrons. The van der Waals surface area contributed by atoms with Crippen LogP contribution < -0.4 is 15.5 Å². The molecule has 2 N–H and O–H groups in total. The van der Waals surface area contributed by atoms with E-state index in [0.717, 1.165) is 30.7 Å². The number of para-hydroxylation sites is 2. The van der Waals surface area contributed by atoms with Crippen LogP contribution in [0.5, 0.6) is 0 Å². The zero-order chi connectivity index (χ0) is 24.4. The van der Waals surface area contributed by atoms with Crippen LogP contribution >= 0.6 is 0 Å². The van der Waals surface area contributed by atoms with Gasteiger partial charge >= 0.3 is 0 Å². The van der Waals surface area contributed by atoms with Crippen molar-refractivity contribution >= 4 is 46.1 Å². The number of nitrogens with zero attached hydrogens (tertiary/aromatic N) is 4. The summed E-state index contributed by atoms with van der Waals surface area (Å²) in [5.41, 5.74) is 2.87. The van der Waals surface area contributed by atoms with Gasteiger partial charge in [0, 0.05) is 44.5 Å². The fourth-order valence-electron chi connectivity index (χ4n) is 4.60. The van der Waals surface area contributed by atoms with Crippen LogP contribution in [0.2, 0.25) is 0 Å². The van der Waals surface area contributed by atoms with Crippen molar-refractivity contribution in [2.24, 2.45) is 0 Å². The number of carbonyl (C=O) groups is 3. The minimum atomic E-state index is -0.666. The largest absolute Gasteiger partial charge is 0.379 e. The van der Waals surface area contributed by atoms with Gasteiger partial charge in [0.2, 0.25) is 17.8 Å². The smallest absolute Gasteiger partial charge is 0.253 e. The van der Waals surface area contributed by atoms with Gasteiger partial charge < -0.3 is 15.4 Å². The second-order valence-electron chi connectivity index (χ2n) is 8.74. The molecular formula is C25H28N6O4. The van der Waals surface area contributed by atoms with Crippen molar-refractivity contribution in [3.63, 3.8) is 0 Å². The Morgan fingerprint density at radius 3 is 2.40 bits per heavy atom. The normalized spacial score (nSPS) is 18.0. The predicted octanol–water partition coefficient (Wildman–Crippen LogP) is 2.24. The van der Waals surface area contributed by atoms with Gasteiger partial charge in [-0.2, -0.15) is 0 Å². The van der Waals surface area contributed by atoms with Crippen LogP contribution in [-0.2, 0) is 19.1 Å². The molecule has 10 heteroatoms. The molecule has 1 aromatic heterocycles. The van der Waals surface area contributed by atoms with Gasteiger partial charge in [-0.3, -0.25) is 28.8 Å². The number of amides is 3. The summed E-state index contributed by atoms with van der Waals surface area (Å²) in [6, 6.07) is 13.9. The van der Waals surface area contributed by atoms with Gasteiger partial charge in [0.1, 0.15) is 6.04 Å². The highest BCUT2D eigenvalue weighted by Gasteiger charge is 2.40. The number of imidazole rings is 1. The first kappa shape index (κ1) is 23.0. The molecule has 182 valence electrons. The number of fused-ring (bicyclic) bond motifs is 3. The van der Waals surface area contributed by atoms with Crippen molar-refractivity contribution in [3.05, 3.63) is 48.5 Å². The summed E-state index contributed by atoms with van der Waals surface area (Å²) >= 11 is 0. The summed E-state index contributed by atoms with van der Waals surface area (Å²) in [5.74, 6) is 0.0297. The number of benzene rings is 2. The van der Waals surface area contributed by atoms with Gasteiger partial charge in [-0.15, -0.1) is 0 Å². The van der Waals surface area contributed by atoms with E-state index >= 15 is 0 Å². The second kappa shape index (κ2) is 9.85. The fourth-order valence-corrected chi connectivity index (χ4v) is 4.60. The number of morpholine rings is 1. The first-order valence-electron chi connectivity index (χ1n) is 11.8. The molecule has 3 amide bonds. The molecule has 2 aliphatic heterocycles. The van der Waals surface area contributed by atoms with Gasteiger partial charge in [0.25, 0.3) is 5.91 Å². The molecule has 3 aromatic rings. The molecule has 1 unspecified atom stereocenters. The van der Waals surface area contributed by atoms with Gasteiger partial charge in [-0.05, 0) is 36.4 Å². The average Bonchev–Trinajstić information content (AvgIpc) is 3.34. The first-order chi connectivity index (χ1) is 17.0. The van der Waals surface area contributed by atoms with Gasteiger partial charge in [0.15, 0.2) is 0 Å². The Morgan fingerprint density at radius 1 is 1.00 bits per heavy atom. The highest BCUT2D eigenvalue weighted by atomic mass is 16.5. The van der Waals surface area contributed by atoms with E-state index in [-0.39, 0.29) is 24.1 Å². The lowest BCUT2D eigenvalue weighted by atomic mass is 10.1. The molecule has 1 fully saturated rings. The summed E-state index contributed by atoms with van der Waals surface area (Å²) in [6.07, 6.45) is -0.00626. The van der Waals surface area contributed by atoms with Crippen molar-refractivity contribution in [2.45, 2.75) is 19.4 Å². The zero-order valence-electron chi connectivity index (χ0n) is 19.6. The fraction of sp³-hybridized carbons (Fsp3) is 0.360. The maximum atomic E-state index is 13.5. The van der Waals surface area contributed by atoms with Crippen molar-refractivity contribution in [1.82, 2.24) is 14.5 Å². The molecule has 0 bridgehead atoms. The minimum Gasteiger partial charge on any atom is -0.379 e. The molecule has 0 saturated carbocycles. The Labute approximate surface area is 202 Å². The van der Waals surface area contributed by atoms with Crippen LogP contribution in [0.1, 0.15) is 19.4 Å². The highest BCUT2D eigenvalue weighted by Crippen LogP contribution is 2.36. The predicted molar refractivity (Wildman–Crippen MR) is 132 cm³/mol. The SMILES string of the molecule is CC(=O)Nc1ccc(NC(=O)CC2C(=O)N(CCN3CCOCC3)c3nc4ccccc4n32)cc1. The summed E-state index contributed by atoms with van der Waals surface area (Å²) in [5, 5.41) is 5.55. The van der Waals surface area contributed by atoms with E-state index in [4.69, 9.17) is 9.72 Å². The van der Waals surface area contributed by atoms with E-state index in [1.165, 1.54) is 6.92 Å². The quantitative estimate of drug-likeness (QED) is 0.542. The number of hydrogen-bond acceptors (Lipinski definition) is 6. The van der Waals surface area contributed by atoms with E-state index in [0.29, 0.717) is 37.1 Å². The maximum absolute atomic E-state index is 13.5. The van der Waals surface area contributed by atoms with Crippen molar-refractivity contribution in [1.29, 1.82) is 0 Å². The highest BCUT2D eigenvalue weighted by molar-refractivity contribution is 6.05. The summed E-state index contributed by atoms with van der Waals surface area (Å²) in [4.78, 5) is 46.3. The lowest BCUT2D eigenvalue weighted by Crippen LogP contribution is -2.42. The Bertz CT molecular complexity index is 1250. The lowest BCUT2D eigenvalue weighted by Gasteiger charge is -2.28. The molecule has 2 aliphatic rings. The molecule has 35 heavy (non-hydrogen) atoms. The Balaban J connectivity index is 1.33. The molecule has 1 saturated heterocycles. The second-order valence-corrected chi connectivity index (χ2v) is 8.74. The van der Waals surface area contributed by atoms with E-state index in [2.05, 4.69) is 15.5 Å². The number of ether oxygens (including phenoxy) is 1. The molecule has 1 atom stereocenters. The average molecular weight is 477 g/mol. The van der Waals surface area contributed by atoms with Crippen LogP contribution in [0.3, 0.4) is 0 Å². The van der Waals surface area contributed by atoms with Crippen LogP contribution in [0, 0.1) is 0 Å². The van der Waals surface area contributed by atoms with E-state index in [9.17, 15) is 14.4 Å². The number of rotatable bonds is 7. The molecule has 10 nitrogen and oxygen atoms in total. The van der Waals surface area contributed by atoms with Crippen LogP contribution in [0.25, 0.3) is 11.0 Å². The minimum absolute atomic E-state index is 0.00626. The van der Waals surface area contributed by atoms with E-state index in [1.54, 1.807) is 29.2 Å². The van der Waals surface area contributed by atoms with Crippen molar-refractivity contribution in [2.75, 3.05) is 54.9 Å². The Morgan fingerprint density at radius 2 is 1.69 bits per heavy atom. The molecule has 0 spiro atoms. The number of hydrogen-bond donors (Lipinski definition) is 2. The number of nitrogens with one attached hydrogen (secondary N) is 2. The van der Waals surface area contributed by atoms with E-state index in [1.807, 2.05) is 28.8 Å². The first-order valence-corrected chi connectivity index (χ1v) is 11.8. The Hall–Kier alpha value is -3.76. The number of carbonyl (C=O) groups excluding carboxylic acids is 3. The number of anilines is 3. The maximum Gasteiger partial charge on any atom is 0.253 e. The molecule has 2 aromatic carbocycles. The van der Waals surface area contributed by atoms with Gasteiger partial charge in [-0.1, -0.05) is 12.1 Å². The van der Waals surface area contributed by atoms with Crippen LogP contribution in [0.15, 0.2) is 48.5 Å². The monoisotopic (exact) mass is 476 g/mol. The summed E-state index contributed by atoms with van der Waals surface area (Å²) in [7, 11) is 0. The van der Waals surface area contributed by atoms with Gasteiger partial charge in [-0.25, -0.2) is 4.98 Å². The standard InChI is InChI=1S/C25H28N6O4/c1-17(32)26-18-6-8-19(9-7-18)27-23(33)16-22-24(34)30(11-10-29-12-14-35-15-13-29)25-28-20-4-2-3-5-21(20)31(22)25/h2-9,22H,10-16H2,1H3,(H,26,32)(H,27,33). The topological polar surface area (TPSA) is 109 Å². The molecule has 5 rings (SSSR count). The summed E-state index contributed by atoms with van der Waals surface area (Å²) < 4.78 is 7.31. The third kappa shape index (κ3) is 4.89.